The molecule has 1 aliphatic heterocycles. The Bertz CT molecular complexity index is 884. The van der Waals surface area contributed by atoms with Crippen molar-refractivity contribution in [3.05, 3.63) is 47.0 Å². The SMILES string of the molecule is Cn1cnc(N2CCN(c3ccc(S(N)(=O)=O)cc3)CC2)cc1=O. The van der Waals surface area contributed by atoms with Crippen molar-refractivity contribution in [1.82, 2.24) is 9.55 Å². The zero-order valence-electron chi connectivity index (χ0n) is 13.3. The fraction of sp³-hybridized carbons (Fsp3) is 0.333. The zero-order chi connectivity index (χ0) is 17.3. The van der Waals surface area contributed by atoms with Crippen molar-refractivity contribution in [1.29, 1.82) is 0 Å². The molecule has 2 aromatic rings. The number of piperazine rings is 1. The summed E-state index contributed by atoms with van der Waals surface area (Å²) in [5, 5.41) is 5.11. The summed E-state index contributed by atoms with van der Waals surface area (Å²) in [6.45, 7) is 2.98. The Morgan fingerprint density at radius 1 is 1.04 bits per heavy atom. The molecule has 9 heteroatoms. The van der Waals surface area contributed by atoms with Gasteiger partial charge in [0.2, 0.25) is 10.0 Å². The van der Waals surface area contributed by atoms with Crippen molar-refractivity contribution < 1.29 is 8.42 Å². The third kappa shape index (κ3) is 3.41. The smallest absolute Gasteiger partial charge is 0.255 e. The lowest BCUT2D eigenvalue weighted by molar-refractivity contribution is 0.597. The first-order valence-electron chi connectivity index (χ1n) is 7.50. The zero-order valence-corrected chi connectivity index (χ0v) is 14.1. The molecular formula is C15H19N5O3S. The van der Waals surface area contributed by atoms with Crippen LogP contribution < -0.4 is 20.5 Å². The highest BCUT2D eigenvalue weighted by Crippen LogP contribution is 2.20. The van der Waals surface area contributed by atoms with Gasteiger partial charge in [0.05, 0.1) is 11.2 Å². The second-order valence-electron chi connectivity index (χ2n) is 5.71. The molecule has 3 rings (SSSR count). The van der Waals surface area contributed by atoms with Gasteiger partial charge < -0.3 is 14.4 Å². The number of nitrogens with zero attached hydrogens (tertiary/aromatic N) is 4. The number of benzene rings is 1. The van der Waals surface area contributed by atoms with E-state index >= 15 is 0 Å². The number of hydrogen-bond acceptors (Lipinski definition) is 6. The maximum atomic E-state index is 11.7. The number of hydrogen-bond donors (Lipinski definition) is 1. The molecule has 128 valence electrons. The molecule has 0 unspecified atom stereocenters. The van der Waals surface area contributed by atoms with Gasteiger partial charge >= 0.3 is 0 Å². The summed E-state index contributed by atoms with van der Waals surface area (Å²) in [7, 11) is -2.00. The Labute approximate surface area is 140 Å². The van der Waals surface area contributed by atoms with Gasteiger partial charge in [0.1, 0.15) is 5.82 Å². The van der Waals surface area contributed by atoms with Crippen LogP contribution in [-0.2, 0) is 17.1 Å². The van der Waals surface area contributed by atoms with Crippen molar-refractivity contribution in [2.45, 2.75) is 4.90 Å². The quantitative estimate of drug-likeness (QED) is 0.820. The second-order valence-corrected chi connectivity index (χ2v) is 7.27. The summed E-state index contributed by atoms with van der Waals surface area (Å²) < 4.78 is 24.0. The van der Waals surface area contributed by atoms with Crippen LogP contribution in [0.4, 0.5) is 11.5 Å². The Balaban J connectivity index is 1.68. The number of anilines is 2. The third-order valence-electron chi connectivity index (χ3n) is 4.10. The van der Waals surface area contributed by atoms with Crippen LogP contribution in [0.25, 0.3) is 0 Å². The number of nitrogens with two attached hydrogens (primary N) is 1. The standard InChI is InChI=1S/C15H19N5O3S/c1-18-11-17-14(10-15(18)21)20-8-6-19(7-9-20)12-2-4-13(5-3-12)24(16,22)23/h2-5,10-11H,6-9H2,1H3,(H2,16,22,23). The molecule has 1 aliphatic rings. The van der Waals surface area contributed by atoms with E-state index in [4.69, 9.17) is 5.14 Å². The summed E-state index contributed by atoms with van der Waals surface area (Å²) in [5.74, 6) is 0.683. The summed E-state index contributed by atoms with van der Waals surface area (Å²) >= 11 is 0. The van der Waals surface area contributed by atoms with Gasteiger partial charge in [0.15, 0.2) is 0 Å². The topological polar surface area (TPSA) is 102 Å². The molecule has 0 radical (unpaired) electrons. The van der Waals surface area contributed by atoms with E-state index in [9.17, 15) is 13.2 Å². The van der Waals surface area contributed by atoms with Crippen LogP contribution >= 0.6 is 0 Å². The maximum absolute atomic E-state index is 11.7. The molecule has 0 amide bonds. The lowest BCUT2D eigenvalue weighted by Gasteiger charge is -2.36. The Kier molecular flexibility index (Phi) is 4.29. The van der Waals surface area contributed by atoms with Gasteiger partial charge in [0, 0.05) is 45.0 Å². The van der Waals surface area contributed by atoms with Crippen molar-refractivity contribution in [3.8, 4) is 0 Å². The summed E-state index contributed by atoms with van der Waals surface area (Å²) in [4.78, 5) is 20.3. The van der Waals surface area contributed by atoms with Crippen LogP contribution in [0.2, 0.25) is 0 Å². The minimum atomic E-state index is -3.67. The summed E-state index contributed by atoms with van der Waals surface area (Å²) in [6, 6.07) is 8.08. The molecule has 1 aromatic carbocycles. The Morgan fingerprint density at radius 2 is 1.62 bits per heavy atom. The van der Waals surface area contributed by atoms with Gasteiger partial charge in [-0.2, -0.15) is 0 Å². The molecule has 1 aromatic heterocycles. The van der Waals surface area contributed by atoms with Crippen LogP contribution in [0.1, 0.15) is 0 Å². The van der Waals surface area contributed by atoms with Crippen molar-refractivity contribution >= 4 is 21.5 Å². The molecule has 1 saturated heterocycles. The summed E-state index contributed by atoms with van der Waals surface area (Å²) in [5.41, 5.74) is 0.861. The van der Waals surface area contributed by atoms with E-state index in [1.807, 2.05) is 0 Å². The van der Waals surface area contributed by atoms with E-state index in [0.29, 0.717) is 5.82 Å². The largest absolute Gasteiger partial charge is 0.368 e. The van der Waals surface area contributed by atoms with Crippen LogP contribution in [0.5, 0.6) is 0 Å². The third-order valence-corrected chi connectivity index (χ3v) is 5.03. The first-order chi connectivity index (χ1) is 11.3. The van der Waals surface area contributed by atoms with E-state index in [1.165, 1.54) is 29.1 Å². The molecule has 2 heterocycles. The van der Waals surface area contributed by atoms with E-state index in [0.717, 1.165) is 31.9 Å². The Hall–Kier alpha value is -2.39. The highest BCUT2D eigenvalue weighted by molar-refractivity contribution is 7.89. The van der Waals surface area contributed by atoms with E-state index in [1.54, 1.807) is 19.2 Å². The molecule has 0 spiro atoms. The van der Waals surface area contributed by atoms with Gasteiger partial charge in [-0.15, -0.1) is 0 Å². The first kappa shape index (κ1) is 16.5. The first-order valence-corrected chi connectivity index (χ1v) is 9.05. The monoisotopic (exact) mass is 349 g/mol. The number of primary sulfonamides is 1. The molecule has 24 heavy (non-hydrogen) atoms. The highest BCUT2D eigenvalue weighted by Gasteiger charge is 2.19. The van der Waals surface area contributed by atoms with Crippen molar-refractivity contribution in [3.63, 3.8) is 0 Å². The number of sulfonamides is 1. The van der Waals surface area contributed by atoms with Gasteiger partial charge in [-0.3, -0.25) is 4.79 Å². The predicted octanol–water partition coefficient (Wildman–Crippen LogP) is -0.246. The molecular weight excluding hydrogens is 330 g/mol. The number of aryl methyl sites for hydroxylation is 1. The minimum absolute atomic E-state index is 0.0824. The molecule has 0 atom stereocenters. The lowest BCUT2D eigenvalue weighted by atomic mass is 10.2. The average molecular weight is 349 g/mol. The van der Waals surface area contributed by atoms with E-state index in [-0.39, 0.29) is 10.5 Å². The van der Waals surface area contributed by atoms with Gasteiger partial charge in [-0.1, -0.05) is 0 Å². The normalized spacial score (nSPS) is 15.6. The fourth-order valence-electron chi connectivity index (χ4n) is 2.67. The lowest BCUT2D eigenvalue weighted by Crippen LogP contribution is -2.47. The number of aromatic nitrogens is 2. The van der Waals surface area contributed by atoms with Crippen LogP contribution in [0.15, 0.2) is 46.3 Å². The summed E-state index contributed by atoms with van der Waals surface area (Å²) in [6.07, 6.45) is 1.52. The van der Waals surface area contributed by atoms with Gasteiger partial charge in [-0.25, -0.2) is 18.5 Å². The van der Waals surface area contributed by atoms with Gasteiger partial charge in [-0.05, 0) is 24.3 Å². The van der Waals surface area contributed by atoms with E-state index in [2.05, 4.69) is 14.8 Å². The molecule has 0 aliphatic carbocycles. The van der Waals surface area contributed by atoms with Crippen LogP contribution in [0.3, 0.4) is 0 Å². The second kappa shape index (κ2) is 6.25. The van der Waals surface area contributed by atoms with Gasteiger partial charge in [0.25, 0.3) is 5.56 Å². The van der Waals surface area contributed by atoms with Crippen molar-refractivity contribution in [2.75, 3.05) is 36.0 Å². The predicted molar refractivity (Wildman–Crippen MR) is 91.7 cm³/mol. The molecule has 2 N–H and O–H groups in total. The maximum Gasteiger partial charge on any atom is 0.255 e. The number of rotatable bonds is 3. The van der Waals surface area contributed by atoms with E-state index < -0.39 is 10.0 Å². The minimum Gasteiger partial charge on any atom is -0.368 e. The molecule has 8 nitrogen and oxygen atoms in total. The average Bonchev–Trinajstić information content (AvgIpc) is 2.57. The molecule has 1 fully saturated rings. The Morgan fingerprint density at radius 3 is 2.17 bits per heavy atom. The fourth-order valence-corrected chi connectivity index (χ4v) is 3.18. The van der Waals surface area contributed by atoms with Crippen LogP contribution in [-0.4, -0.2) is 44.1 Å². The van der Waals surface area contributed by atoms with Crippen molar-refractivity contribution in [2.24, 2.45) is 12.2 Å². The highest BCUT2D eigenvalue weighted by atomic mass is 32.2. The van der Waals surface area contributed by atoms with Crippen LogP contribution in [0, 0.1) is 0 Å². The molecule has 0 bridgehead atoms. The molecule has 0 saturated carbocycles.